The zero-order valence-corrected chi connectivity index (χ0v) is 64.9. The standard InChI is InChI=1S/C76H116F8N12O12/c1-13-44(2)62-70(106)90(8)41-60(99)91(9)54-25-15-14-18-33-96(69(54)105)57(38-46-27-30-49(31-28-46)75(79,80)81)68(104)89(7)40-58(97)85-52(32-29-47-35-50(77)61(51(78)36-47)76(82,83)84)66(102)95-34-20-26-53(95)65(101)87-74(42-73(3,4)43-74)72(108)94(12)63(48-23-16-17-24-48)71(107)93(11)56(67(103)88(5)6)39-59(98)92(10)55(64(100)86-62)37-45-21-19-22-45/h14-15,44-57,61-63H,13,16-43H2,1-12H3,(H,85,97)(H,86,100)(H,87,101)/b15-14-/t44-,46?,47?,49?,50?,51?,52-,53-,54-,55-,56-,57-,61?,62-,63-/m0/s1. The Balaban J connectivity index is 1.19. The Hall–Kier alpha value is -7.18. The molecule has 608 valence electrons. The molecule has 2 unspecified atom stereocenters. The van der Waals surface area contributed by atoms with Gasteiger partial charge < -0.3 is 60.0 Å². The smallest absolute Gasteiger partial charge is 0.347 e. The number of likely N-dealkylation sites (N-methyl/N-ethyl adjacent to an activating group) is 7. The molecule has 5 aliphatic carbocycles. The van der Waals surface area contributed by atoms with E-state index in [-0.39, 0.29) is 102 Å². The minimum absolute atomic E-state index is 0.00547. The summed E-state index contributed by atoms with van der Waals surface area (Å²) in [7, 11) is 11.0. The van der Waals surface area contributed by atoms with Crippen LogP contribution in [0.3, 0.4) is 0 Å². The van der Waals surface area contributed by atoms with Crippen LogP contribution in [0.1, 0.15) is 188 Å². The Labute approximate surface area is 629 Å². The molecule has 3 N–H and O–H groups in total. The van der Waals surface area contributed by atoms with Gasteiger partial charge in [-0.1, -0.05) is 78.4 Å². The lowest BCUT2D eigenvalue weighted by Gasteiger charge is -2.54. The third-order valence-electron chi connectivity index (χ3n) is 24.9. The maximum Gasteiger partial charge on any atom is 0.397 e. The van der Waals surface area contributed by atoms with Crippen LogP contribution in [0, 0.1) is 46.8 Å². The minimum atomic E-state index is -5.20. The average molecular weight is 1540 g/mol. The molecule has 5 saturated carbocycles. The van der Waals surface area contributed by atoms with Crippen molar-refractivity contribution in [2.75, 3.05) is 82.6 Å². The number of amides is 12. The second-order valence-corrected chi connectivity index (χ2v) is 33.6. The third-order valence-corrected chi connectivity index (χ3v) is 24.9. The van der Waals surface area contributed by atoms with Crippen molar-refractivity contribution in [2.24, 2.45) is 46.8 Å². The van der Waals surface area contributed by atoms with Crippen molar-refractivity contribution in [3.8, 4) is 0 Å². The Kier molecular flexibility index (Phi) is 28.7. The van der Waals surface area contributed by atoms with E-state index in [1.54, 1.807) is 26.0 Å². The van der Waals surface area contributed by atoms with Crippen LogP contribution >= 0.6 is 0 Å². The fourth-order valence-electron chi connectivity index (χ4n) is 18.2. The van der Waals surface area contributed by atoms with Gasteiger partial charge in [-0.05, 0) is 151 Å². The molecule has 0 aromatic heterocycles. The Morgan fingerprint density at radius 1 is 0.593 bits per heavy atom. The number of carbonyl (C=O) groups is 12. The number of hydrogen-bond acceptors (Lipinski definition) is 12. The highest BCUT2D eigenvalue weighted by atomic mass is 19.4. The molecular weight excluding hydrogens is 1420 g/mol. The molecule has 0 aromatic rings. The topological polar surface area (TPSA) is 270 Å². The normalized spacial score (nSPS) is 32.5. The van der Waals surface area contributed by atoms with E-state index < -0.39 is 229 Å². The van der Waals surface area contributed by atoms with Crippen molar-refractivity contribution in [2.45, 2.75) is 267 Å². The van der Waals surface area contributed by atoms with Crippen molar-refractivity contribution < 1.29 is 92.7 Å². The predicted octanol–water partition coefficient (Wildman–Crippen LogP) is 7.12. The van der Waals surface area contributed by atoms with Gasteiger partial charge in [-0.25, -0.2) is 8.78 Å². The maximum absolute atomic E-state index is 15.7. The summed E-state index contributed by atoms with van der Waals surface area (Å²) in [5.41, 5.74) is -2.28. The van der Waals surface area contributed by atoms with Crippen LogP contribution in [0.5, 0.6) is 0 Å². The Bertz CT molecular complexity index is 3290. The Morgan fingerprint density at radius 3 is 1.76 bits per heavy atom. The molecule has 3 aliphatic heterocycles. The van der Waals surface area contributed by atoms with Crippen molar-refractivity contribution >= 4 is 70.9 Å². The second-order valence-electron chi connectivity index (χ2n) is 33.6. The van der Waals surface area contributed by atoms with E-state index in [9.17, 15) is 45.5 Å². The number of hydrogen-bond donors (Lipinski definition) is 3. The van der Waals surface area contributed by atoms with E-state index in [0.29, 0.717) is 32.1 Å². The van der Waals surface area contributed by atoms with Crippen LogP contribution in [0.15, 0.2) is 12.2 Å². The van der Waals surface area contributed by atoms with Crippen molar-refractivity contribution in [3.63, 3.8) is 0 Å². The van der Waals surface area contributed by atoms with Gasteiger partial charge in [0.1, 0.15) is 72.1 Å². The first-order chi connectivity index (χ1) is 50.5. The summed E-state index contributed by atoms with van der Waals surface area (Å²) in [5.74, 6) is -16.4. The predicted molar refractivity (Wildman–Crippen MR) is 382 cm³/mol. The van der Waals surface area contributed by atoms with Crippen LogP contribution in [0.4, 0.5) is 35.1 Å². The molecule has 108 heavy (non-hydrogen) atoms. The average Bonchev–Trinajstić information content (AvgIpc) is 0.957. The summed E-state index contributed by atoms with van der Waals surface area (Å²) in [4.78, 5) is 192. The van der Waals surface area contributed by atoms with E-state index in [0.717, 1.165) is 38.9 Å². The lowest BCUT2D eigenvalue weighted by Crippen LogP contribution is -2.71. The van der Waals surface area contributed by atoms with Crippen LogP contribution in [-0.4, -0.2) is 276 Å². The van der Waals surface area contributed by atoms with Gasteiger partial charge in [-0.15, -0.1) is 0 Å². The molecule has 0 radical (unpaired) electrons. The van der Waals surface area contributed by atoms with Gasteiger partial charge in [0.2, 0.25) is 70.9 Å². The first-order valence-corrected chi connectivity index (χ1v) is 38.9. The summed E-state index contributed by atoms with van der Waals surface area (Å²) >= 11 is 0. The van der Waals surface area contributed by atoms with Crippen molar-refractivity contribution in [1.82, 2.24) is 60.0 Å². The summed E-state index contributed by atoms with van der Waals surface area (Å²) < 4.78 is 115. The van der Waals surface area contributed by atoms with Crippen LogP contribution in [0.2, 0.25) is 0 Å². The first kappa shape index (κ1) is 86.4. The lowest BCUT2D eigenvalue weighted by atomic mass is 9.58. The monoisotopic (exact) mass is 1540 g/mol. The SMILES string of the molecule is CC[C@H](C)[C@@H]1NC(=O)[C@H](CC2CCC2)N(C)C(=O)C[C@@H](C(=O)N(C)C)N(C)C(=O)[C@H](C2CCCC2)N(C)C(=O)C2(CC(C)(C)C2)NC(=O)[C@@H]2CCCN2C(=O)[C@H](CCC2CC(F)C(C(F)(F)F)C(F)C2)NC(=O)CN(C)C(=O)[C@H](CC2CCC(C(F)(F)F)CC2)N2CC/C=C\C[C@@H](C2=O)N(C)C(=O)CN(C)C1=O. The molecule has 12 amide bonds. The number of fused-ring (bicyclic) bond motifs is 3. The molecule has 1 spiro atoms. The fraction of sp³-hybridized carbons (Fsp3) is 0.816. The molecule has 32 heteroatoms. The molecule has 0 aromatic carbocycles. The van der Waals surface area contributed by atoms with Crippen LogP contribution in [0.25, 0.3) is 0 Å². The highest BCUT2D eigenvalue weighted by molar-refractivity contribution is 6.01. The van der Waals surface area contributed by atoms with Gasteiger partial charge in [-0.2, -0.15) is 26.3 Å². The number of halogens is 8. The molecule has 7 fully saturated rings. The zero-order chi connectivity index (χ0) is 80.0. The number of alkyl halides is 8. The zero-order valence-electron chi connectivity index (χ0n) is 64.9. The summed E-state index contributed by atoms with van der Waals surface area (Å²) in [6.45, 7) is 5.52. The molecule has 2 saturated heterocycles. The van der Waals surface area contributed by atoms with E-state index in [1.807, 2.05) is 13.8 Å². The largest absolute Gasteiger partial charge is 0.397 e. The number of rotatable bonds is 11. The molecule has 11 atom stereocenters. The molecular formula is C76H116F8N12O12. The van der Waals surface area contributed by atoms with Crippen molar-refractivity contribution in [3.05, 3.63) is 12.2 Å². The van der Waals surface area contributed by atoms with Gasteiger partial charge in [0, 0.05) is 69.5 Å². The number of carbonyl (C=O) groups excluding carboxylic acids is 12. The van der Waals surface area contributed by atoms with Gasteiger partial charge in [0.15, 0.2) is 0 Å². The molecule has 2 bridgehead atoms. The highest BCUT2D eigenvalue weighted by Gasteiger charge is 2.60. The first-order valence-electron chi connectivity index (χ1n) is 38.9. The molecule has 8 aliphatic rings. The maximum atomic E-state index is 15.7. The van der Waals surface area contributed by atoms with E-state index in [1.165, 1.54) is 80.9 Å². The molecule has 3 heterocycles. The highest BCUT2D eigenvalue weighted by Crippen LogP contribution is 2.50. The quantitative estimate of drug-likeness (QED) is 0.138. The third kappa shape index (κ3) is 20.3. The summed E-state index contributed by atoms with van der Waals surface area (Å²) in [6.07, 6.45) is -9.60. The molecule has 24 nitrogen and oxygen atoms in total. The van der Waals surface area contributed by atoms with E-state index >= 15 is 47.1 Å². The van der Waals surface area contributed by atoms with Gasteiger partial charge in [-0.3, -0.25) is 57.5 Å². The van der Waals surface area contributed by atoms with Crippen LogP contribution < -0.4 is 16.0 Å². The summed E-state index contributed by atoms with van der Waals surface area (Å²) in [5, 5.41) is 8.52. The Morgan fingerprint density at radius 2 is 1.19 bits per heavy atom. The van der Waals surface area contributed by atoms with E-state index in [4.69, 9.17) is 0 Å². The second kappa shape index (κ2) is 35.9. The summed E-state index contributed by atoms with van der Waals surface area (Å²) in [6, 6.07) is -11.1. The lowest BCUT2D eigenvalue weighted by molar-refractivity contribution is -0.219. The van der Waals surface area contributed by atoms with E-state index in [2.05, 4.69) is 16.0 Å². The number of nitrogens with one attached hydrogen (secondary N) is 3. The van der Waals surface area contributed by atoms with Gasteiger partial charge in [0.25, 0.3) is 0 Å². The van der Waals surface area contributed by atoms with Crippen LogP contribution in [-0.2, 0) is 57.5 Å². The van der Waals surface area contributed by atoms with Crippen molar-refractivity contribution in [1.29, 1.82) is 0 Å². The van der Waals surface area contributed by atoms with Gasteiger partial charge in [0.05, 0.1) is 25.4 Å². The minimum Gasteiger partial charge on any atom is -0.347 e. The molecule has 8 rings (SSSR count). The van der Waals surface area contributed by atoms with Gasteiger partial charge >= 0.3 is 12.4 Å². The fourth-order valence-corrected chi connectivity index (χ4v) is 18.2. The number of nitrogens with zero attached hydrogens (tertiary/aromatic N) is 9.